The molecule has 0 unspecified atom stereocenters. The number of ether oxygens (including phenoxy) is 1. The fourth-order valence-electron chi connectivity index (χ4n) is 5.13. The minimum absolute atomic E-state index is 0.0492. The van der Waals surface area contributed by atoms with Gasteiger partial charge in [-0.25, -0.2) is 4.98 Å². The number of methoxy groups -OCH3 is 1. The van der Waals surface area contributed by atoms with Crippen molar-refractivity contribution in [2.75, 3.05) is 26.8 Å². The number of carbonyl (C=O) groups is 1. The Bertz CT molecular complexity index is 1390. The number of carbonyl (C=O) groups excluding carboxylic acids is 1. The van der Waals surface area contributed by atoms with Gasteiger partial charge in [-0.3, -0.25) is 4.79 Å². The lowest BCUT2D eigenvalue weighted by molar-refractivity contribution is 0.104. The highest BCUT2D eigenvalue weighted by molar-refractivity contribution is 6.04. The maximum absolute atomic E-state index is 12.9. The Labute approximate surface area is 211 Å². The molecule has 0 spiro atoms. The molecule has 0 atom stereocenters. The number of aliphatic hydroxyl groups excluding tert-OH is 1. The number of imidazole rings is 1. The zero-order valence-corrected chi connectivity index (χ0v) is 20.8. The molecule has 0 bridgehead atoms. The molecule has 36 heavy (non-hydrogen) atoms. The normalized spacial score (nSPS) is 14.7. The monoisotopic (exact) mass is 484 g/mol. The number of ketones is 1. The molecule has 0 aliphatic carbocycles. The summed E-state index contributed by atoms with van der Waals surface area (Å²) in [4.78, 5) is 19.4. The third kappa shape index (κ3) is 4.79. The summed E-state index contributed by atoms with van der Waals surface area (Å²) >= 11 is 0. The summed E-state index contributed by atoms with van der Waals surface area (Å²) in [5.41, 5.74) is 4.83. The Kier molecular flexibility index (Phi) is 6.91. The van der Waals surface area contributed by atoms with Gasteiger partial charge in [0.15, 0.2) is 5.78 Å². The maximum Gasteiger partial charge on any atom is 0.187 e. The molecule has 0 amide bonds. The van der Waals surface area contributed by atoms with Gasteiger partial charge in [-0.05, 0) is 55.5 Å². The van der Waals surface area contributed by atoms with E-state index in [0.29, 0.717) is 23.8 Å². The quantitative estimate of drug-likeness (QED) is 0.290. The van der Waals surface area contributed by atoms with E-state index in [-0.39, 0.29) is 12.4 Å². The summed E-state index contributed by atoms with van der Waals surface area (Å²) in [6.07, 6.45) is 9.24. The van der Waals surface area contributed by atoms with E-state index in [4.69, 9.17) is 4.74 Å². The van der Waals surface area contributed by atoms with Crippen LogP contribution in [0.25, 0.3) is 16.6 Å². The fourth-order valence-corrected chi connectivity index (χ4v) is 5.13. The molecule has 0 saturated carbocycles. The van der Waals surface area contributed by atoms with Crippen molar-refractivity contribution in [1.29, 1.82) is 0 Å². The predicted molar refractivity (Wildman–Crippen MR) is 141 cm³/mol. The van der Waals surface area contributed by atoms with Crippen LogP contribution < -0.4 is 4.74 Å². The molecular formula is C29H32N4O3. The highest BCUT2D eigenvalue weighted by atomic mass is 16.5. The van der Waals surface area contributed by atoms with Crippen LogP contribution in [-0.4, -0.2) is 56.7 Å². The molecule has 3 heterocycles. The lowest BCUT2D eigenvalue weighted by Gasteiger charge is -2.31. The van der Waals surface area contributed by atoms with Crippen molar-refractivity contribution in [2.45, 2.75) is 32.2 Å². The highest BCUT2D eigenvalue weighted by Crippen LogP contribution is 2.33. The van der Waals surface area contributed by atoms with Gasteiger partial charge in [-0.2, -0.15) is 0 Å². The number of aliphatic hydroxyl groups is 1. The molecule has 1 aliphatic rings. The number of hydrogen-bond donors (Lipinski definition) is 1. The van der Waals surface area contributed by atoms with Gasteiger partial charge >= 0.3 is 0 Å². The first-order chi connectivity index (χ1) is 17.6. The molecule has 4 aromatic rings. The molecule has 1 saturated heterocycles. The summed E-state index contributed by atoms with van der Waals surface area (Å²) in [6.45, 7) is 4.45. The minimum atomic E-state index is -0.0492. The topological polar surface area (TPSA) is 72.5 Å². The molecule has 0 radical (unpaired) electrons. The average molecular weight is 485 g/mol. The van der Waals surface area contributed by atoms with E-state index >= 15 is 0 Å². The minimum Gasteiger partial charge on any atom is -0.495 e. The largest absolute Gasteiger partial charge is 0.495 e. The number of piperidine rings is 1. The van der Waals surface area contributed by atoms with E-state index in [1.807, 2.05) is 42.1 Å². The van der Waals surface area contributed by atoms with Crippen molar-refractivity contribution in [2.24, 2.45) is 0 Å². The Balaban J connectivity index is 1.24. The van der Waals surface area contributed by atoms with E-state index in [2.05, 4.69) is 38.7 Å². The molecule has 7 heteroatoms. The lowest BCUT2D eigenvalue weighted by Crippen LogP contribution is -2.29. The van der Waals surface area contributed by atoms with E-state index in [0.717, 1.165) is 37.3 Å². The van der Waals surface area contributed by atoms with Crippen molar-refractivity contribution in [3.8, 4) is 11.4 Å². The first-order valence-corrected chi connectivity index (χ1v) is 12.4. The lowest BCUT2D eigenvalue weighted by atomic mass is 9.93. The molecule has 1 N–H and O–H groups in total. The van der Waals surface area contributed by atoms with Crippen LogP contribution in [0.3, 0.4) is 0 Å². The smallest absolute Gasteiger partial charge is 0.187 e. The van der Waals surface area contributed by atoms with Gasteiger partial charge in [-0.1, -0.05) is 18.2 Å². The van der Waals surface area contributed by atoms with Crippen molar-refractivity contribution >= 4 is 16.7 Å². The summed E-state index contributed by atoms with van der Waals surface area (Å²) in [5, 5.41) is 10.8. The van der Waals surface area contributed by atoms with Gasteiger partial charge in [0, 0.05) is 60.8 Å². The first kappa shape index (κ1) is 23.9. The third-order valence-corrected chi connectivity index (χ3v) is 7.00. The van der Waals surface area contributed by atoms with Gasteiger partial charge < -0.3 is 23.9 Å². The van der Waals surface area contributed by atoms with Crippen molar-refractivity contribution in [3.63, 3.8) is 0 Å². The Hall–Kier alpha value is -3.84. The van der Waals surface area contributed by atoms with Crippen LogP contribution in [0.1, 0.15) is 40.5 Å². The Morgan fingerprint density at radius 2 is 1.97 bits per heavy atom. The van der Waals surface area contributed by atoms with E-state index in [9.17, 15) is 9.90 Å². The van der Waals surface area contributed by atoms with Gasteiger partial charge in [0.1, 0.15) is 5.75 Å². The number of allylic oxidation sites excluding steroid dienone is 1. The first-order valence-electron chi connectivity index (χ1n) is 12.4. The number of para-hydroxylation sites is 1. The van der Waals surface area contributed by atoms with Crippen molar-refractivity contribution < 1.29 is 14.6 Å². The number of aromatic nitrogens is 3. The Morgan fingerprint density at radius 1 is 1.17 bits per heavy atom. The number of benzene rings is 2. The van der Waals surface area contributed by atoms with Crippen LogP contribution in [0.4, 0.5) is 0 Å². The number of hydrogen-bond acceptors (Lipinski definition) is 5. The zero-order chi connectivity index (χ0) is 25.1. The van der Waals surface area contributed by atoms with Gasteiger partial charge in [0.05, 0.1) is 31.4 Å². The standard InChI is InChI=1S/C29H32N4O3/c1-21-19-32(20-30-21)26-8-7-24(18-29(26)36-2)28(35)11-14-31-12-9-22(10-13-31)27-17-23-5-3-4-6-25(23)33(27)15-16-34/h3-8,11,14,17-20,22,34H,9-10,12-13,15-16H2,1-2H3/b14-11+. The fraction of sp³-hybridized carbons (Fsp3) is 0.310. The summed E-state index contributed by atoms with van der Waals surface area (Å²) in [7, 11) is 1.61. The second-order valence-corrected chi connectivity index (χ2v) is 9.30. The van der Waals surface area contributed by atoms with E-state index in [1.54, 1.807) is 25.6 Å². The molecule has 2 aromatic heterocycles. The molecule has 1 aliphatic heterocycles. The third-order valence-electron chi connectivity index (χ3n) is 7.00. The van der Waals surface area contributed by atoms with Crippen molar-refractivity contribution in [3.05, 3.63) is 90.3 Å². The van der Waals surface area contributed by atoms with E-state index in [1.165, 1.54) is 16.6 Å². The molecule has 186 valence electrons. The van der Waals surface area contributed by atoms with Crippen molar-refractivity contribution in [1.82, 2.24) is 19.0 Å². The summed E-state index contributed by atoms with van der Waals surface area (Å²) in [6, 6.07) is 16.1. The molecule has 5 rings (SSSR count). The van der Waals surface area contributed by atoms with Crippen LogP contribution in [0.15, 0.2) is 73.3 Å². The number of nitrogens with zero attached hydrogens (tertiary/aromatic N) is 4. The molecular weight excluding hydrogens is 452 g/mol. The highest BCUT2D eigenvalue weighted by Gasteiger charge is 2.23. The second-order valence-electron chi connectivity index (χ2n) is 9.30. The number of rotatable bonds is 8. The number of aryl methyl sites for hydroxylation is 1. The number of likely N-dealkylation sites (tertiary alicyclic amines) is 1. The molecule has 2 aromatic carbocycles. The van der Waals surface area contributed by atoms with Gasteiger partial charge in [0.2, 0.25) is 0 Å². The number of fused-ring (bicyclic) bond motifs is 1. The zero-order valence-electron chi connectivity index (χ0n) is 20.8. The predicted octanol–water partition coefficient (Wildman–Crippen LogP) is 4.71. The van der Waals surface area contributed by atoms with Crippen LogP contribution >= 0.6 is 0 Å². The Morgan fingerprint density at radius 3 is 2.69 bits per heavy atom. The van der Waals surface area contributed by atoms with Crippen LogP contribution in [-0.2, 0) is 6.54 Å². The maximum atomic E-state index is 12.9. The summed E-state index contributed by atoms with van der Waals surface area (Å²) in [5.74, 6) is 1.02. The SMILES string of the molecule is COc1cc(C(=O)/C=C/N2CCC(c3cc4ccccc4n3CCO)CC2)ccc1-n1cnc(C)c1. The molecule has 1 fully saturated rings. The summed E-state index contributed by atoms with van der Waals surface area (Å²) < 4.78 is 9.70. The second kappa shape index (κ2) is 10.4. The van der Waals surface area contributed by atoms with Crippen LogP contribution in [0.5, 0.6) is 5.75 Å². The van der Waals surface area contributed by atoms with Gasteiger partial charge in [-0.15, -0.1) is 0 Å². The van der Waals surface area contributed by atoms with Crippen LogP contribution in [0, 0.1) is 6.92 Å². The van der Waals surface area contributed by atoms with E-state index < -0.39 is 0 Å². The van der Waals surface area contributed by atoms with Gasteiger partial charge in [0.25, 0.3) is 0 Å². The van der Waals surface area contributed by atoms with Crippen LogP contribution in [0.2, 0.25) is 0 Å². The molecule has 7 nitrogen and oxygen atoms in total. The average Bonchev–Trinajstić information content (AvgIpc) is 3.51.